The van der Waals surface area contributed by atoms with Crippen molar-refractivity contribution < 1.29 is 14.3 Å². The van der Waals surface area contributed by atoms with E-state index in [4.69, 9.17) is 63.6 Å². The van der Waals surface area contributed by atoms with Crippen LogP contribution in [-0.4, -0.2) is 40.2 Å². The van der Waals surface area contributed by atoms with Gasteiger partial charge in [-0.15, -0.1) is 12.4 Å². The number of aryl methyl sites for hydroxylation is 1. The van der Waals surface area contributed by atoms with E-state index in [1.165, 1.54) is 13.0 Å². The molecule has 0 atom stereocenters. The normalized spacial score (nSPS) is 10.0. The van der Waals surface area contributed by atoms with Crippen LogP contribution in [0.1, 0.15) is 26.0 Å². The van der Waals surface area contributed by atoms with Gasteiger partial charge in [-0.25, -0.2) is 9.98 Å². The van der Waals surface area contributed by atoms with E-state index in [9.17, 15) is 14.4 Å². The van der Waals surface area contributed by atoms with Crippen LogP contribution in [0.5, 0.6) is 0 Å². The van der Waals surface area contributed by atoms with Crippen LogP contribution in [0.4, 0.5) is 17.3 Å². The molecule has 0 aliphatic rings. The Bertz CT molecular complexity index is 1480. The van der Waals surface area contributed by atoms with Crippen LogP contribution in [0.3, 0.4) is 0 Å². The average molecular weight is 683 g/mol. The van der Waals surface area contributed by atoms with Gasteiger partial charge in [0, 0.05) is 17.4 Å². The minimum absolute atomic E-state index is 0. The standard InChI is InChI=1S/C12H11Cl2N5O.C7H7Cl2N3.C6H10O3.ClH/c1-6-4-10(20)18-12(16-6)19-11(15)17-7-2-3-8(13)9(14)5-7;8-5-2-1-4(3-6(5)9)12-7(10)11;1-3-9-6(8)4-5(2)7;/h2-5H,1H3,(H4,15,16,17,18,19,20);1-3H,(H4,10,11,12);3-4H2,1-2H3;1H. The molecule has 0 aliphatic carbocycles. The number of nitrogens with zero attached hydrogens (tertiary/aromatic N) is 3. The SMILES string of the molecule is CCOC(=O)CC(C)=O.Cc1cc(=O)[nH]c(N=C(N)Nc2ccc(Cl)c(Cl)c2)n1.Cl.NC(N)=Nc1ccc(Cl)c(Cl)c1. The van der Waals surface area contributed by atoms with Gasteiger partial charge in [0.25, 0.3) is 5.56 Å². The zero-order valence-electron chi connectivity index (χ0n) is 22.6. The molecule has 0 saturated heterocycles. The molecule has 0 spiro atoms. The molecule has 42 heavy (non-hydrogen) atoms. The third-order valence-corrected chi connectivity index (χ3v) is 5.61. The molecule has 0 fully saturated rings. The molecule has 228 valence electrons. The number of nitrogens with one attached hydrogen (secondary N) is 2. The summed E-state index contributed by atoms with van der Waals surface area (Å²) in [5, 5.41) is 4.56. The number of halogens is 5. The molecule has 0 amide bonds. The summed E-state index contributed by atoms with van der Waals surface area (Å²) >= 11 is 23.1. The molecule has 2 aromatic carbocycles. The third kappa shape index (κ3) is 16.0. The van der Waals surface area contributed by atoms with Gasteiger partial charge in [-0.05, 0) is 57.2 Å². The summed E-state index contributed by atoms with van der Waals surface area (Å²) in [4.78, 5) is 46.2. The molecule has 0 saturated carbocycles. The number of carbonyl (C=O) groups excluding carboxylic acids is 2. The molecule has 17 heteroatoms. The Hall–Kier alpha value is -3.55. The minimum atomic E-state index is -0.440. The summed E-state index contributed by atoms with van der Waals surface area (Å²) < 4.78 is 4.49. The molecular formula is C25H29Cl5N8O4. The molecule has 1 heterocycles. The topological polar surface area (TPSA) is 204 Å². The lowest BCUT2D eigenvalue weighted by atomic mass is 10.3. The number of ether oxygens (including phenoxy) is 1. The number of carbonyl (C=O) groups is 2. The number of esters is 1. The van der Waals surface area contributed by atoms with Crippen LogP contribution in [0.25, 0.3) is 0 Å². The van der Waals surface area contributed by atoms with Gasteiger partial charge in [-0.1, -0.05) is 46.4 Å². The number of benzene rings is 2. The van der Waals surface area contributed by atoms with Crippen LogP contribution in [-0.2, 0) is 14.3 Å². The Labute approximate surface area is 268 Å². The van der Waals surface area contributed by atoms with E-state index in [1.807, 2.05) is 0 Å². The van der Waals surface area contributed by atoms with E-state index < -0.39 is 5.97 Å². The summed E-state index contributed by atoms with van der Waals surface area (Å²) in [5.41, 5.74) is 17.5. The summed E-state index contributed by atoms with van der Waals surface area (Å²) in [6.07, 6.45) is -0.103. The predicted octanol–water partition coefficient (Wildman–Crippen LogP) is 5.29. The number of rotatable bonds is 6. The van der Waals surface area contributed by atoms with E-state index in [2.05, 4.69) is 30.0 Å². The molecule has 0 bridgehead atoms. The molecule has 1 aromatic heterocycles. The Morgan fingerprint density at radius 1 is 0.952 bits per heavy atom. The molecule has 12 nitrogen and oxygen atoms in total. The second kappa shape index (κ2) is 19.5. The van der Waals surface area contributed by atoms with Crippen molar-refractivity contribution in [2.45, 2.75) is 27.2 Å². The maximum absolute atomic E-state index is 11.3. The number of anilines is 1. The van der Waals surface area contributed by atoms with Gasteiger partial charge in [0.15, 0.2) is 5.96 Å². The van der Waals surface area contributed by atoms with Crippen LogP contribution in [0, 0.1) is 6.92 Å². The number of Topliss-reactive ketones (excluding diaryl/α,β-unsaturated/α-hetero) is 1. The third-order valence-electron chi connectivity index (χ3n) is 4.14. The van der Waals surface area contributed by atoms with Gasteiger partial charge in [0.05, 0.1) is 32.4 Å². The van der Waals surface area contributed by atoms with Gasteiger partial charge in [-0.2, -0.15) is 4.99 Å². The first-order valence-electron chi connectivity index (χ1n) is 11.5. The molecule has 0 aliphatic heterocycles. The molecule has 0 radical (unpaired) electrons. The zero-order chi connectivity index (χ0) is 31.1. The zero-order valence-corrected chi connectivity index (χ0v) is 26.4. The second-order valence-electron chi connectivity index (χ2n) is 7.78. The van der Waals surface area contributed by atoms with Gasteiger partial charge < -0.3 is 27.3 Å². The van der Waals surface area contributed by atoms with E-state index in [1.54, 1.807) is 50.2 Å². The maximum atomic E-state index is 11.3. The Kier molecular flexibility index (Phi) is 17.9. The van der Waals surface area contributed by atoms with Crippen LogP contribution < -0.4 is 28.1 Å². The number of H-pyrrole nitrogens is 1. The monoisotopic (exact) mass is 680 g/mol. The lowest BCUT2D eigenvalue weighted by Crippen LogP contribution is -2.22. The molecular weight excluding hydrogens is 654 g/mol. The van der Waals surface area contributed by atoms with E-state index in [-0.39, 0.29) is 48.0 Å². The summed E-state index contributed by atoms with van der Waals surface area (Å²) in [5.74, 6) is -0.413. The Balaban J connectivity index is 0.000000655. The van der Waals surface area contributed by atoms with E-state index in [0.29, 0.717) is 43.8 Å². The van der Waals surface area contributed by atoms with Crippen molar-refractivity contribution in [2.75, 3.05) is 11.9 Å². The summed E-state index contributed by atoms with van der Waals surface area (Å²) in [6, 6.07) is 11.2. The van der Waals surface area contributed by atoms with Crippen LogP contribution in [0.2, 0.25) is 20.1 Å². The fraction of sp³-hybridized carbons (Fsp3) is 0.200. The van der Waals surface area contributed by atoms with Gasteiger partial charge in [0.1, 0.15) is 12.2 Å². The number of hydrogen-bond donors (Lipinski definition) is 5. The predicted molar refractivity (Wildman–Crippen MR) is 172 cm³/mol. The van der Waals surface area contributed by atoms with Crippen molar-refractivity contribution in [2.24, 2.45) is 27.2 Å². The smallest absolute Gasteiger partial charge is 0.313 e. The second-order valence-corrected chi connectivity index (χ2v) is 9.41. The molecule has 8 N–H and O–H groups in total. The first-order valence-corrected chi connectivity index (χ1v) is 13.0. The van der Waals surface area contributed by atoms with Crippen molar-refractivity contribution >= 4 is 99.8 Å². The minimum Gasteiger partial charge on any atom is -0.466 e. The number of guanidine groups is 2. The lowest BCUT2D eigenvalue weighted by Gasteiger charge is -2.06. The largest absolute Gasteiger partial charge is 0.466 e. The average Bonchev–Trinajstić information content (AvgIpc) is 2.83. The first kappa shape index (κ1) is 38.5. The number of aromatic nitrogens is 2. The van der Waals surface area contributed by atoms with Gasteiger partial charge in [0.2, 0.25) is 11.9 Å². The number of nitrogens with two attached hydrogens (primary N) is 3. The first-order chi connectivity index (χ1) is 19.2. The lowest BCUT2D eigenvalue weighted by molar-refractivity contribution is -0.145. The highest BCUT2D eigenvalue weighted by atomic mass is 35.5. The number of aromatic amines is 1. The van der Waals surface area contributed by atoms with E-state index in [0.717, 1.165) is 0 Å². The summed E-state index contributed by atoms with van der Waals surface area (Å²) in [6.45, 7) is 5.10. The molecule has 3 rings (SSSR count). The molecule has 3 aromatic rings. The van der Waals surface area contributed by atoms with Crippen LogP contribution in [0.15, 0.2) is 57.2 Å². The summed E-state index contributed by atoms with van der Waals surface area (Å²) in [7, 11) is 0. The van der Waals surface area contributed by atoms with Gasteiger partial charge >= 0.3 is 5.97 Å². The van der Waals surface area contributed by atoms with Crippen LogP contribution >= 0.6 is 58.8 Å². The van der Waals surface area contributed by atoms with Crippen molar-refractivity contribution in [3.8, 4) is 0 Å². The fourth-order valence-corrected chi connectivity index (χ4v) is 3.19. The van der Waals surface area contributed by atoms with Crippen molar-refractivity contribution in [3.63, 3.8) is 0 Å². The fourth-order valence-electron chi connectivity index (χ4n) is 2.60. The Morgan fingerprint density at radius 2 is 1.55 bits per heavy atom. The highest BCUT2D eigenvalue weighted by Crippen LogP contribution is 2.26. The Morgan fingerprint density at radius 3 is 2.05 bits per heavy atom. The number of ketones is 1. The number of hydrogen-bond acceptors (Lipinski definition) is 7. The quantitative estimate of drug-likeness (QED) is 0.0990. The highest BCUT2D eigenvalue weighted by molar-refractivity contribution is 6.42. The maximum Gasteiger partial charge on any atom is 0.313 e. The highest BCUT2D eigenvalue weighted by Gasteiger charge is 2.04. The van der Waals surface area contributed by atoms with Crippen molar-refractivity contribution in [1.82, 2.24) is 9.97 Å². The van der Waals surface area contributed by atoms with Crippen molar-refractivity contribution in [1.29, 1.82) is 0 Å². The molecule has 0 unspecified atom stereocenters. The number of aliphatic imine (C=N–C) groups is 2. The van der Waals surface area contributed by atoms with Gasteiger partial charge in [-0.3, -0.25) is 19.4 Å². The van der Waals surface area contributed by atoms with E-state index >= 15 is 0 Å². The van der Waals surface area contributed by atoms with Crippen molar-refractivity contribution in [3.05, 3.63) is 78.6 Å².